The van der Waals surface area contributed by atoms with E-state index in [1.165, 1.54) is 26.0 Å². The molecule has 9 nitrogen and oxygen atoms in total. The third kappa shape index (κ3) is 31.1. The normalized spacial score (nSPS) is 9.54. The van der Waals surface area contributed by atoms with E-state index < -0.39 is 6.04 Å². The molecule has 0 bridgehead atoms. The zero-order chi connectivity index (χ0) is 28.1. The van der Waals surface area contributed by atoms with E-state index in [-0.39, 0.29) is 30.9 Å². The van der Waals surface area contributed by atoms with E-state index in [1.54, 1.807) is 0 Å². The number of aliphatic hydroxyl groups is 1. The summed E-state index contributed by atoms with van der Waals surface area (Å²) in [6.07, 6.45) is 4.33. The lowest BCUT2D eigenvalue weighted by atomic mass is 10.0. The van der Waals surface area contributed by atoms with Crippen molar-refractivity contribution in [1.29, 1.82) is 0 Å². The molecule has 1 rings (SSSR count). The van der Waals surface area contributed by atoms with Crippen molar-refractivity contribution in [2.24, 2.45) is 11.7 Å². The Morgan fingerprint density at radius 2 is 1.60 bits per heavy atom. The molecule has 204 valence electrons. The maximum absolute atomic E-state index is 11.4. The Morgan fingerprint density at radius 3 is 1.86 bits per heavy atom. The number of aliphatic hydroxyl groups excluding tert-OH is 1. The number of amides is 2. The van der Waals surface area contributed by atoms with E-state index in [0.29, 0.717) is 6.29 Å². The van der Waals surface area contributed by atoms with Crippen LogP contribution in [-0.2, 0) is 21.0 Å². The largest absolute Gasteiger partial charge is 0.405 e. The first-order valence-electron chi connectivity index (χ1n) is 11.9. The predicted octanol–water partition coefficient (Wildman–Crippen LogP) is 2.80. The van der Waals surface area contributed by atoms with Gasteiger partial charge in [-0.1, -0.05) is 59.8 Å². The number of nitrogens with two attached hydrogens (primary N) is 1. The minimum Gasteiger partial charge on any atom is -0.405 e. The topological polar surface area (TPSA) is 146 Å². The number of hydrogen-bond acceptors (Lipinski definition) is 7. The molecule has 0 spiro atoms. The summed E-state index contributed by atoms with van der Waals surface area (Å²) in [5.74, 6) is -0.599. The van der Waals surface area contributed by atoms with Crippen molar-refractivity contribution in [1.82, 2.24) is 16.0 Å². The van der Waals surface area contributed by atoms with Gasteiger partial charge >= 0.3 is 0 Å². The molecule has 0 aromatic heterocycles. The highest BCUT2D eigenvalue weighted by molar-refractivity contribution is 5.88. The first-order chi connectivity index (χ1) is 16.6. The molecule has 0 aliphatic rings. The SMILES string of the molecule is C=CN.CC(=O)NC(C(=O)NCC=O)C(C)C.CCC.CCCNC.CNc1ccc(CO)cc1. The number of carbonyl (C=O) groups excluding carboxylic acids is 3. The van der Waals surface area contributed by atoms with Gasteiger partial charge in [0.2, 0.25) is 11.8 Å². The highest BCUT2D eigenvalue weighted by atomic mass is 16.3. The fourth-order valence-corrected chi connectivity index (χ4v) is 2.03. The summed E-state index contributed by atoms with van der Waals surface area (Å²) >= 11 is 0. The molecule has 0 aliphatic carbocycles. The van der Waals surface area contributed by atoms with E-state index in [2.05, 4.69) is 54.4 Å². The summed E-state index contributed by atoms with van der Waals surface area (Å²) in [5, 5.41) is 19.6. The Kier molecular flexibility index (Phi) is 34.9. The minimum atomic E-state index is -0.576. The molecule has 1 aromatic rings. The van der Waals surface area contributed by atoms with E-state index in [0.717, 1.165) is 17.8 Å². The lowest BCUT2D eigenvalue weighted by Crippen LogP contribution is -2.49. The number of aldehydes is 1. The van der Waals surface area contributed by atoms with E-state index in [9.17, 15) is 14.4 Å². The first kappa shape index (κ1) is 39.3. The number of anilines is 1. The van der Waals surface area contributed by atoms with Crippen molar-refractivity contribution in [2.75, 3.05) is 32.5 Å². The summed E-state index contributed by atoms with van der Waals surface area (Å²) < 4.78 is 0. The Bertz CT molecular complexity index is 598. The molecule has 0 radical (unpaired) electrons. The fourth-order valence-electron chi connectivity index (χ4n) is 2.03. The first-order valence-corrected chi connectivity index (χ1v) is 11.9. The van der Waals surface area contributed by atoms with Crippen LogP contribution in [0.3, 0.4) is 0 Å². The molecular formula is C26H51N5O4. The Balaban J connectivity index is -0.000000198. The van der Waals surface area contributed by atoms with Crippen molar-refractivity contribution in [2.45, 2.75) is 67.0 Å². The van der Waals surface area contributed by atoms with Crippen LogP contribution in [0.25, 0.3) is 0 Å². The third-order valence-electron chi connectivity index (χ3n) is 3.59. The molecule has 7 N–H and O–H groups in total. The lowest BCUT2D eigenvalue weighted by Gasteiger charge is -2.20. The van der Waals surface area contributed by atoms with Crippen LogP contribution in [0.4, 0.5) is 5.69 Å². The summed E-state index contributed by atoms with van der Waals surface area (Å²) in [6, 6.07) is 7.09. The van der Waals surface area contributed by atoms with Gasteiger partial charge in [-0.25, -0.2) is 0 Å². The van der Waals surface area contributed by atoms with Gasteiger partial charge in [-0.05, 0) is 49.8 Å². The molecule has 1 unspecified atom stereocenters. The van der Waals surface area contributed by atoms with Gasteiger partial charge < -0.3 is 36.9 Å². The Morgan fingerprint density at radius 1 is 1.11 bits per heavy atom. The standard InChI is InChI=1S/C9H16N2O3.C8H11NO.C4H11N.C3H8.C2H5N/c1-6(2)8(11-7(3)13)9(14)10-4-5-12;1-9-8-4-2-7(6-10)3-5-8;1-3-4-5-2;1-3-2;1-2-3/h5-6,8H,4H2,1-3H3,(H,10,14)(H,11,13);2-5,9-10H,6H2,1H3;5H,3-4H2,1-2H3;3H2,1-2H3;2H,1,3H2. The average Bonchev–Trinajstić information content (AvgIpc) is 2.83. The molecule has 2 amide bonds. The summed E-state index contributed by atoms with van der Waals surface area (Å²) in [5.41, 5.74) is 6.62. The quantitative estimate of drug-likeness (QED) is 0.288. The number of carbonyl (C=O) groups is 3. The van der Waals surface area contributed by atoms with Crippen LogP contribution in [0, 0.1) is 5.92 Å². The minimum absolute atomic E-state index is 0.00875. The van der Waals surface area contributed by atoms with Crippen molar-refractivity contribution in [3.05, 3.63) is 42.6 Å². The monoisotopic (exact) mass is 497 g/mol. The second-order valence-corrected chi connectivity index (χ2v) is 7.49. The predicted molar refractivity (Wildman–Crippen MR) is 148 cm³/mol. The van der Waals surface area contributed by atoms with E-state index in [1.807, 2.05) is 52.2 Å². The van der Waals surface area contributed by atoms with Crippen molar-refractivity contribution in [3.63, 3.8) is 0 Å². The zero-order valence-corrected chi connectivity index (χ0v) is 23.1. The van der Waals surface area contributed by atoms with Gasteiger partial charge in [0, 0.05) is 19.7 Å². The van der Waals surface area contributed by atoms with E-state index >= 15 is 0 Å². The molecule has 35 heavy (non-hydrogen) atoms. The van der Waals surface area contributed by atoms with Crippen LogP contribution < -0.4 is 27.0 Å². The Hall–Kier alpha value is -2.91. The van der Waals surface area contributed by atoms with Crippen molar-refractivity contribution < 1.29 is 19.5 Å². The highest BCUT2D eigenvalue weighted by Crippen LogP contribution is 2.07. The molecule has 1 aromatic carbocycles. The van der Waals surface area contributed by atoms with Gasteiger partial charge in [-0.3, -0.25) is 9.59 Å². The smallest absolute Gasteiger partial charge is 0.243 e. The number of nitrogens with one attached hydrogen (secondary N) is 4. The molecule has 9 heteroatoms. The molecule has 1 atom stereocenters. The third-order valence-corrected chi connectivity index (χ3v) is 3.59. The van der Waals surface area contributed by atoms with Crippen LogP contribution in [0.1, 0.15) is 59.9 Å². The maximum atomic E-state index is 11.4. The van der Waals surface area contributed by atoms with Crippen molar-refractivity contribution >= 4 is 23.8 Å². The van der Waals surface area contributed by atoms with Crippen LogP contribution >= 0.6 is 0 Å². The number of hydrogen-bond donors (Lipinski definition) is 6. The fraction of sp³-hybridized carbons (Fsp3) is 0.577. The summed E-state index contributed by atoms with van der Waals surface area (Å²) in [6.45, 7) is 15.8. The molecule has 0 saturated carbocycles. The lowest BCUT2D eigenvalue weighted by molar-refractivity contribution is -0.129. The summed E-state index contributed by atoms with van der Waals surface area (Å²) in [7, 11) is 3.83. The molecule has 0 heterocycles. The average molecular weight is 498 g/mol. The van der Waals surface area contributed by atoms with Crippen LogP contribution in [0.2, 0.25) is 0 Å². The second kappa shape index (κ2) is 31.1. The molecule has 0 fully saturated rings. The van der Waals surface area contributed by atoms with Gasteiger partial charge in [-0.15, -0.1) is 0 Å². The Labute approximate surface area is 213 Å². The number of rotatable bonds is 9. The second-order valence-electron chi connectivity index (χ2n) is 7.49. The van der Waals surface area contributed by atoms with Crippen LogP contribution in [-0.4, -0.2) is 56.4 Å². The molecule has 0 aliphatic heterocycles. The van der Waals surface area contributed by atoms with Gasteiger partial charge in [0.05, 0.1) is 13.2 Å². The van der Waals surface area contributed by atoms with Crippen LogP contribution in [0.15, 0.2) is 37.0 Å². The van der Waals surface area contributed by atoms with Gasteiger partial charge in [0.25, 0.3) is 0 Å². The molecular weight excluding hydrogens is 446 g/mol. The van der Waals surface area contributed by atoms with E-state index in [4.69, 9.17) is 5.11 Å². The van der Waals surface area contributed by atoms with Gasteiger partial charge in [0.1, 0.15) is 12.3 Å². The van der Waals surface area contributed by atoms with Crippen LogP contribution in [0.5, 0.6) is 0 Å². The van der Waals surface area contributed by atoms with Gasteiger partial charge in [0.15, 0.2) is 0 Å². The van der Waals surface area contributed by atoms with Crippen molar-refractivity contribution in [3.8, 4) is 0 Å². The maximum Gasteiger partial charge on any atom is 0.243 e. The molecule has 0 saturated heterocycles. The zero-order valence-electron chi connectivity index (χ0n) is 23.1. The van der Waals surface area contributed by atoms with Gasteiger partial charge in [-0.2, -0.15) is 0 Å². The summed E-state index contributed by atoms with van der Waals surface area (Å²) in [4.78, 5) is 32.2. The highest BCUT2D eigenvalue weighted by Gasteiger charge is 2.22. The number of benzene rings is 1.